The van der Waals surface area contributed by atoms with Crippen LogP contribution < -0.4 is 16.8 Å². The van der Waals surface area contributed by atoms with E-state index in [-0.39, 0.29) is 11.4 Å². The van der Waals surface area contributed by atoms with E-state index in [0.29, 0.717) is 5.95 Å². The second-order valence-electron chi connectivity index (χ2n) is 5.57. The van der Waals surface area contributed by atoms with E-state index in [4.69, 9.17) is 16.2 Å². The second-order valence-corrected chi connectivity index (χ2v) is 5.57. The fraction of sp³-hybridized carbons (Fsp3) is 0.312. The van der Waals surface area contributed by atoms with Gasteiger partial charge in [-0.1, -0.05) is 12.1 Å². The molecule has 24 heavy (non-hydrogen) atoms. The smallest absolute Gasteiger partial charge is 0.254 e. The van der Waals surface area contributed by atoms with Gasteiger partial charge in [-0.25, -0.2) is 4.98 Å². The second kappa shape index (κ2) is 7.24. The third-order valence-electron chi connectivity index (χ3n) is 3.80. The van der Waals surface area contributed by atoms with Gasteiger partial charge in [0.05, 0.1) is 18.8 Å². The van der Waals surface area contributed by atoms with E-state index in [1.54, 1.807) is 0 Å². The molecule has 0 radical (unpaired) electrons. The Morgan fingerprint density at radius 2 is 1.96 bits per heavy atom. The number of nitrogens with one attached hydrogen (secondary N) is 1. The van der Waals surface area contributed by atoms with Gasteiger partial charge in [0, 0.05) is 31.5 Å². The molecule has 1 aliphatic heterocycles. The number of primary amides is 1. The molecule has 126 valence electrons. The van der Waals surface area contributed by atoms with Gasteiger partial charge in [0.15, 0.2) is 0 Å². The molecule has 0 bridgehead atoms. The van der Waals surface area contributed by atoms with Gasteiger partial charge in [-0.3, -0.25) is 9.69 Å². The number of benzene rings is 1. The summed E-state index contributed by atoms with van der Waals surface area (Å²) < 4.78 is 5.35. The summed E-state index contributed by atoms with van der Waals surface area (Å²) >= 11 is 0. The molecule has 8 heteroatoms. The Morgan fingerprint density at radius 1 is 1.25 bits per heavy atom. The van der Waals surface area contributed by atoms with Crippen molar-refractivity contribution in [3.8, 4) is 0 Å². The summed E-state index contributed by atoms with van der Waals surface area (Å²) in [6.07, 6.45) is 1.32. The predicted molar refractivity (Wildman–Crippen MR) is 90.8 cm³/mol. The molecule has 0 saturated carbocycles. The number of ether oxygens (including phenoxy) is 1. The normalized spacial score (nSPS) is 15.2. The maximum Gasteiger partial charge on any atom is 0.254 e. The number of anilines is 3. The Bertz CT molecular complexity index is 713. The highest BCUT2D eigenvalue weighted by atomic mass is 16.5. The molecule has 0 aliphatic carbocycles. The number of hydrogen-bond donors (Lipinski definition) is 3. The average Bonchev–Trinajstić information content (AvgIpc) is 2.57. The summed E-state index contributed by atoms with van der Waals surface area (Å²) in [6, 6.07) is 8.02. The number of aromatic nitrogens is 2. The summed E-state index contributed by atoms with van der Waals surface area (Å²) in [5.41, 5.74) is 13.1. The molecule has 2 heterocycles. The lowest BCUT2D eigenvalue weighted by Crippen LogP contribution is -2.35. The van der Waals surface area contributed by atoms with Crippen LogP contribution in [0.2, 0.25) is 0 Å². The van der Waals surface area contributed by atoms with Crippen LogP contribution in [0.1, 0.15) is 15.9 Å². The summed E-state index contributed by atoms with van der Waals surface area (Å²) in [6.45, 7) is 4.40. The van der Waals surface area contributed by atoms with Gasteiger partial charge >= 0.3 is 0 Å². The van der Waals surface area contributed by atoms with Crippen LogP contribution in [0, 0.1) is 0 Å². The summed E-state index contributed by atoms with van der Waals surface area (Å²) in [5.74, 6) is -0.270. The number of nitrogens with two attached hydrogens (primary N) is 2. The Morgan fingerprint density at radius 3 is 2.58 bits per heavy atom. The molecule has 0 atom stereocenters. The van der Waals surface area contributed by atoms with Crippen LogP contribution in [0.4, 0.5) is 17.5 Å². The molecular weight excluding hydrogens is 308 g/mol. The fourth-order valence-corrected chi connectivity index (χ4v) is 2.49. The maximum absolute atomic E-state index is 11.1. The SMILES string of the molecule is NC(=O)c1cnc(Nc2ccc(CN3CCOCC3)cc2)nc1N. The summed E-state index contributed by atoms with van der Waals surface area (Å²) in [5, 5.41) is 3.05. The first-order chi connectivity index (χ1) is 11.6. The van der Waals surface area contributed by atoms with E-state index in [0.717, 1.165) is 38.5 Å². The minimum atomic E-state index is -0.647. The van der Waals surface area contributed by atoms with Gasteiger partial charge in [0.25, 0.3) is 5.91 Å². The van der Waals surface area contributed by atoms with Gasteiger partial charge < -0.3 is 21.5 Å². The number of amides is 1. The van der Waals surface area contributed by atoms with Gasteiger partial charge in [-0.2, -0.15) is 4.98 Å². The molecule has 5 N–H and O–H groups in total. The molecule has 0 spiro atoms. The first-order valence-electron chi connectivity index (χ1n) is 7.70. The molecule has 1 aliphatic rings. The number of carbonyl (C=O) groups is 1. The van der Waals surface area contributed by atoms with Crippen LogP contribution >= 0.6 is 0 Å². The van der Waals surface area contributed by atoms with Gasteiger partial charge in [0.2, 0.25) is 5.95 Å². The van der Waals surface area contributed by atoms with Crippen molar-refractivity contribution in [1.82, 2.24) is 14.9 Å². The highest BCUT2D eigenvalue weighted by Crippen LogP contribution is 2.17. The maximum atomic E-state index is 11.1. The average molecular weight is 328 g/mol. The van der Waals surface area contributed by atoms with Crippen molar-refractivity contribution in [2.75, 3.05) is 37.4 Å². The molecule has 8 nitrogen and oxygen atoms in total. The first-order valence-corrected chi connectivity index (χ1v) is 7.70. The van der Waals surface area contributed by atoms with Gasteiger partial charge in [-0.05, 0) is 17.7 Å². The van der Waals surface area contributed by atoms with E-state index >= 15 is 0 Å². The van der Waals surface area contributed by atoms with Crippen LogP contribution in [0.3, 0.4) is 0 Å². The van der Waals surface area contributed by atoms with Gasteiger partial charge in [-0.15, -0.1) is 0 Å². The number of morpholine rings is 1. The largest absolute Gasteiger partial charge is 0.383 e. The van der Waals surface area contributed by atoms with Crippen molar-refractivity contribution in [3.63, 3.8) is 0 Å². The summed E-state index contributed by atoms with van der Waals surface area (Å²) in [7, 11) is 0. The zero-order valence-electron chi connectivity index (χ0n) is 13.2. The lowest BCUT2D eigenvalue weighted by molar-refractivity contribution is 0.0342. The molecule has 1 aromatic carbocycles. The number of rotatable bonds is 5. The molecule has 1 saturated heterocycles. The zero-order valence-corrected chi connectivity index (χ0v) is 13.2. The zero-order chi connectivity index (χ0) is 16.9. The van der Waals surface area contributed by atoms with Crippen LogP contribution in [-0.4, -0.2) is 47.1 Å². The van der Waals surface area contributed by atoms with Crippen molar-refractivity contribution < 1.29 is 9.53 Å². The minimum absolute atomic E-state index is 0.0592. The lowest BCUT2D eigenvalue weighted by atomic mass is 10.2. The van der Waals surface area contributed by atoms with Crippen LogP contribution in [-0.2, 0) is 11.3 Å². The fourth-order valence-electron chi connectivity index (χ4n) is 2.49. The number of hydrogen-bond acceptors (Lipinski definition) is 7. The van der Waals surface area contributed by atoms with E-state index in [1.807, 2.05) is 12.1 Å². The van der Waals surface area contributed by atoms with Crippen LogP contribution in [0.5, 0.6) is 0 Å². The Hall–Kier alpha value is -2.71. The van der Waals surface area contributed by atoms with E-state index in [1.165, 1.54) is 11.8 Å². The topological polar surface area (TPSA) is 119 Å². The van der Waals surface area contributed by atoms with E-state index in [2.05, 4.69) is 32.3 Å². The van der Waals surface area contributed by atoms with Crippen molar-refractivity contribution in [3.05, 3.63) is 41.6 Å². The Labute approximate surface area is 139 Å². The van der Waals surface area contributed by atoms with Crippen molar-refractivity contribution in [2.45, 2.75) is 6.54 Å². The Balaban J connectivity index is 1.63. The molecular formula is C16H20N6O2. The number of nitrogens with zero attached hydrogens (tertiary/aromatic N) is 3. The summed E-state index contributed by atoms with van der Waals surface area (Å²) in [4.78, 5) is 21.6. The quantitative estimate of drug-likeness (QED) is 0.740. The Kier molecular flexibility index (Phi) is 4.88. The molecule has 2 aromatic rings. The van der Waals surface area contributed by atoms with E-state index < -0.39 is 5.91 Å². The minimum Gasteiger partial charge on any atom is -0.383 e. The van der Waals surface area contributed by atoms with Crippen LogP contribution in [0.15, 0.2) is 30.5 Å². The standard InChI is InChI=1S/C16H20N6O2/c17-14-13(15(18)23)9-19-16(21-14)20-12-3-1-11(2-4-12)10-22-5-7-24-8-6-22/h1-4,9H,5-8,10H2,(H2,18,23)(H3,17,19,20,21). The van der Waals surface area contributed by atoms with Gasteiger partial charge in [0.1, 0.15) is 5.82 Å². The number of carbonyl (C=O) groups excluding carboxylic acids is 1. The number of nitrogen functional groups attached to an aromatic ring is 1. The highest BCUT2D eigenvalue weighted by Gasteiger charge is 2.11. The molecule has 0 unspecified atom stereocenters. The van der Waals surface area contributed by atoms with Crippen molar-refractivity contribution in [2.24, 2.45) is 5.73 Å². The van der Waals surface area contributed by atoms with E-state index in [9.17, 15) is 4.79 Å². The van der Waals surface area contributed by atoms with Crippen molar-refractivity contribution >= 4 is 23.4 Å². The third kappa shape index (κ3) is 3.98. The molecule has 3 rings (SSSR count). The molecule has 1 amide bonds. The predicted octanol–water partition coefficient (Wildman–Crippen LogP) is 0.733. The first kappa shape index (κ1) is 16.2. The molecule has 1 aromatic heterocycles. The monoisotopic (exact) mass is 328 g/mol. The van der Waals surface area contributed by atoms with Crippen molar-refractivity contribution in [1.29, 1.82) is 0 Å². The third-order valence-corrected chi connectivity index (χ3v) is 3.80. The lowest BCUT2D eigenvalue weighted by Gasteiger charge is -2.26. The molecule has 1 fully saturated rings. The van der Waals surface area contributed by atoms with Crippen LogP contribution in [0.25, 0.3) is 0 Å². The highest BCUT2D eigenvalue weighted by molar-refractivity contribution is 5.96.